The van der Waals surface area contributed by atoms with E-state index in [0.29, 0.717) is 0 Å². The van der Waals surface area contributed by atoms with Gasteiger partial charge in [0.15, 0.2) is 0 Å². The molecule has 0 saturated carbocycles. The molecule has 1 aromatic rings. The van der Waals surface area contributed by atoms with Crippen LogP contribution in [0, 0.1) is 0 Å². The number of benzene rings is 1. The van der Waals surface area contributed by atoms with E-state index < -0.39 is 0 Å². The molecule has 0 amide bonds. The Balaban J connectivity index is 1.77. The monoisotopic (exact) mass is 260 g/mol. The minimum Gasteiger partial charge on any atom is -0.186 e. The number of thiol groups is 1. The van der Waals surface area contributed by atoms with E-state index in [1.807, 2.05) is 0 Å². The maximum absolute atomic E-state index is 2.32. The third-order valence-electron chi connectivity index (χ3n) is 3.41. The van der Waals surface area contributed by atoms with Gasteiger partial charge in [-0.1, -0.05) is 56.9 Å². The van der Waals surface area contributed by atoms with Crippen molar-refractivity contribution in [3.05, 3.63) is 52.8 Å². The predicted octanol–water partition coefficient (Wildman–Crippen LogP) is 5.60. The molecule has 0 bridgehead atoms. The Hall–Kier alpha value is -0.950. The topological polar surface area (TPSA) is 0 Å². The van der Waals surface area contributed by atoms with Gasteiger partial charge in [-0.05, 0) is 46.2 Å². The fourth-order valence-electron chi connectivity index (χ4n) is 2.27. The smallest absolute Gasteiger partial charge is 0.00550 e. The van der Waals surface area contributed by atoms with E-state index in [1.54, 1.807) is 0 Å². The second-order valence-electron chi connectivity index (χ2n) is 4.92. The maximum atomic E-state index is 2.32. The molecule has 0 spiro atoms. The zero-order chi connectivity index (χ0) is 12.6. The van der Waals surface area contributed by atoms with Gasteiger partial charge in [-0.25, -0.2) is 0 Å². The van der Waals surface area contributed by atoms with Crippen LogP contribution in [-0.4, -0.2) is 0 Å². The maximum Gasteiger partial charge on any atom is -0.00550 e. The van der Waals surface area contributed by atoms with Crippen LogP contribution in [0.1, 0.15) is 44.6 Å². The Labute approximate surface area is 114 Å². The van der Waals surface area contributed by atoms with Gasteiger partial charge in [-0.2, -0.15) is 10.9 Å². The van der Waals surface area contributed by atoms with Crippen molar-refractivity contribution < 1.29 is 0 Å². The average molecular weight is 260 g/mol. The summed E-state index contributed by atoms with van der Waals surface area (Å²) in [4.78, 5) is 1.48. The van der Waals surface area contributed by atoms with Crippen molar-refractivity contribution in [1.29, 1.82) is 0 Å². The Kier molecular flexibility index (Phi) is 5.60. The molecule has 1 heteroatoms. The van der Waals surface area contributed by atoms with Gasteiger partial charge in [-0.15, -0.1) is 0 Å². The van der Waals surface area contributed by atoms with Gasteiger partial charge < -0.3 is 0 Å². The molecule has 0 N–H and O–H groups in total. The second-order valence-corrected chi connectivity index (χ2v) is 6.85. The Morgan fingerprint density at radius 2 is 1.50 bits per heavy atom. The lowest BCUT2D eigenvalue weighted by Gasteiger charge is -2.11. The Morgan fingerprint density at radius 1 is 0.833 bits per heavy atom. The van der Waals surface area contributed by atoms with E-state index in [2.05, 4.69) is 54.2 Å². The van der Waals surface area contributed by atoms with Crippen LogP contribution in [0.25, 0.3) is 0 Å². The van der Waals surface area contributed by atoms with E-state index >= 15 is 0 Å². The van der Waals surface area contributed by atoms with Crippen molar-refractivity contribution in [2.24, 2.45) is 0 Å². The lowest BCUT2D eigenvalue weighted by Crippen LogP contribution is -1.86. The largest absolute Gasteiger partial charge is 0.186 e. The number of hydrogen-bond acceptors (Lipinski definition) is 0. The van der Waals surface area contributed by atoms with Gasteiger partial charge in [0.25, 0.3) is 0 Å². The fourth-order valence-corrected chi connectivity index (χ4v) is 3.78. The van der Waals surface area contributed by atoms with Gasteiger partial charge in [-0.3, -0.25) is 0 Å². The zero-order valence-electron chi connectivity index (χ0n) is 11.3. The van der Waals surface area contributed by atoms with Crippen molar-refractivity contribution in [3.63, 3.8) is 0 Å². The third-order valence-corrected chi connectivity index (χ3v) is 5.29. The van der Waals surface area contributed by atoms with Crippen LogP contribution >= 0.6 is 10.9 Å². The molecular weight excluding hydrogens is 236 g/mol. The standard InChI is InChI=1S/C17H24S/c1-2-3-4-5-6-9-16-10-12-17(13-11-16)18-14-7-8-15-18/h7-8,10-15,18H,2-6,9H2,1H3. The Morgan fingerprint density at radius 3 is 2.17 bits per heavy atom. The van der Waals surface area contributed by atoms with Crippen LogP contribution < -0.4 is 0 Å². The number of aryl methyl sites for hydroxylation is 1. The summed E-state index contributed by atoms with van der Waals surface area (Å²) < 4.78 is 0. The lowest BCUT2D eigenvalue weighted by atomic mass is 10.1. The van der Waals surface area contributed by atoms with Gasteiger partial charge in [0.1, 0.15) is 0 Å². The molecule has 0 saturated heterocycles. The summed E-state index contributed by atoms with van der Waals surface area (Å²) in [6, 6.07) is 9.26. The van der Waals surface area contributed by atoms with E-state index in [-0.39, 0.29) is 10.9 Å². The molecule has 2 rings (SSSR count). The molecule has 1 aromatic carbocycles. The molecule has 1 aliphatic rings. The van der Waals surface area contributed by atoms with Crippen molar-refractivity contribution in [3.8, 4) is 0 Å². The Bertz CT molecular complexity index is 388. The van der Waals surface area contributed by atoms with E-state index in [0.717, 1.165) is 0 Å². The first-order chi connectivity index (χ1) is 8.90. The zero-order valence-corrected chi connectivity index (χ0v) is 12.2. The molecule has 98 valence electrons. The van der Waals surface area contributed by atoms with E-state index in [9.17, 15) is 0 Å². The quantitative estimate of drug-likeness (QED) is 0.479. The van der Waals surface area contributed by atoms with Crippen molar-refractivity contribution in [2.75, 3.05) is 0 Å². The highest BCUT2D eigenvalue weighted by Gasteiger charge is 2.02. The van der Waals surface area contributed by atoms with E-state index in [1.165, 1.54) is 49.0 Å². The summed E-state index contributed by atoms with van der Waals surface area (Å²) in [6.45, 7) is 2.27. The van der Waals surface area contributed by atoms with Gasteiger partial charge in [0.05, 0.1) is 0 Å². The number of hydrogen-bond donors (Lipinski definition) is 1. The molecule has 18 heavy (non-hydrogen) atoms. The predicted molar refractivity (Wildman–Crippen MR) is 84.4 cm³/mol. The van der Waals surface area contributed by atoms with Gasteiger partial charge in [0, 0.05) is 0 Å². The first-order valence-corrected chi connectivity index (χ1v) is 8.60. The van der Waals surface area contributed by atoms with Crippen LogP contribution in [0.3, 0.4) is 0 Å². The number of unbranched alkanes of at least 4 members (excludes halogenated alkanes) is 4. The highest BCUT2D eigenvalue weighted by Crippen LogP contribution is 2.41. The molecule has 1 heterocycles. The summed E-state index contributed by atoms with van der Waals surface area (Å²) in [5.74, 6) is 0. The van der Waals surface area contributed by atoms with Crippen LogP contribution in [-0.2, 0) is 6.42 Å². The van der Waals surface area contributed by atoms with Crippen molar-refractivity contribution >= 4 is 10.9 Å². The van der Waals surface area contributed by atoms with Crippen molar-refractivity contribution in [2.45, 2.75) is 50.3 Å². The fraction of sp³-hybridized carbons (Fsp3) is 0.412. The van der Waals surface area contributed by atoms with Crippen LogP contribution in [0.4, 0.5) is 0 Å². The third kappa shape index (κ3) is 4.06. The minimum atomic E-state index is -0.135. The minimum absolute atomic E-state index is 0.135. The normalized spacial score (nSPS) is 15.5. The van der Waals surface area contributed by atoms with Gasteiger partial charge >= 0.3 is 0 Å². The number of allylic oxidation sites excluding steroid dienone is 2. The average Bonchev–Trinajstić information content (AvgIpc) is 2.93. The van der Waals surface area contributed by atoms with Crippen molar-refractivity contribution in [1.82, 2.24) is 0 Å². The first kappa shape index (κ1) is 13.5. The molecule has 0 unspecified atom stereocenters. The highest BCUT2D eigenvalue weighted by molar-refractivity contribution is 8.22. The van der Waals surface area contributed by atoms with E-state index in [4.69, 9.17) is 0 Å². The lowest BCUT2D eigenvalue weighted by molar-refractivity contribution is 0.632. The molecule has 0 aromatic heterocycles. The first-order valence-electron chi connectivity index (χ1n) is 7.12. The van der Waals surface area contributed by atoms with Crippen LogP contribution in [0.5, 0.6) is 0 Å². The summed E-state index contributed by atoms with van der Waals surface area (Å²) in [5.41, 5.74) is 1.50. The van der Waals surface area contributed by atoms with Gasteiger partial charge in [0.2, 0.25) is 0 Å². The summed E-state index contributed by atoms with van der Waals surface area (Å²) in [7, 11) is -0.135. The SMILES string of the molecule is CCCCCCCc1ccc([SH]2C=CC=C2)cc1. The second kappa shape index (κ2) is 7.48. The molecular formula is C17H24S. The molecule has 0 fully saturated rings. The summed E-state index contributed by atoms with van der Waals surface area (Å²) >= 11 is 0. The summed E-state index contributed by atoms with van der Waals surface area (Å²) in [5, 5.41) is 4.63. The number of rotatable bonds is 7. The summed E-state index contributed by atoms with van der Waals surface area (Å²) in [6.07, 6.45) is 12.4. The van der Waals surface area contributed by atoms with Crippen LogP contribution in [0.2, 0.25) is 0 Å². The molecule has 1 aliphatic heterocycles. The molecule has 0 aliphatic carbocycles. The highest BCUT2D eigenvalue weighted by atomic mass is 32.2. The molecule has 0 radical (unpaired) electrons. The van der Waals surface area contributed by atoms with Crippen LogP contribution in [0.15, 0.2) is 52.1 Å². The molecule has 0 atom stereocenters. The molecule has 0 nitrogen and oxygen atoms in total.